The molecule has 6 heteroatoms. The Labute approximate surface area is 136 Å². The monoisotopic (exact) mass is 322 g/mol. The summed E-state index contributed by atoms with van der Waals surface area (Å²) in [5.41, 5.74) is 9.93. The fourth-order valence-corrected chi connectivity index (χ4v) is 3.78. The third-order valence-electron chi connectivity index (χ3n) is 3.66. The standard InChI is InChI=1S/C17H14N4OS/c1-9-8-10(2)19-17-12(9)13(18)14(23-17)16-21-20-15(22-16)11-6-4-3-5-7-11/h3-8H,18H2,1-2H3. The summed E-state index contributed by atoms with van der Waals surface area (Å²) < 4.78 is 5.82. The summed E-state index contributed by atoms with van der Waals surface area (Å²) in [7, 11) is 0. The lowest BCUT2D eigenvalue weighted by atomic mass is 10.1. The van der Waals surface area contributed by atoms with E-state index >= 15 is 0 Å². The first-order valence-corrected chi connectivity index (χ1v) is 8.00. The highest BCUT2D eigenvalue weighted by Crippen LogP contribution is 2.41. The summed E-state index contributed by atoms with van der Waals surface area (Å²) in [6.45, 7) is 4.01. The number of aromatic nitrogens is 3. The maximum atomic E-state index is 6.31. The molecule has 0 bridgehead atoms. The lowest BCUT2D eigenvalue weighted by Crippen LogP contribution is -1.89. The fourth-order valence-electron chi connectivity index (χ4n) is 2.64. The predicted molar refractivity (Wildman–Crippen MR) is 92.2 cm³/mol. The quantitative estimate of drug-likeness (QED) is 0.598. The van der Waals surface area contributed by atoms with E-state index in [0.29, 0.717) is 17.5 Å². The van der Waals surface area contributed by atoms with Crippen LogP contribution in [0.1, 0.15) is 11.3 Å². The van der Waals surface area contributed by atoms with E-state index in [1.165, 1.54) is 11.3 Å². The zero-order chi connectivity index (χ0) is 16.0. The van der Waals surface area contributed by atoms with E-state index in [4.69, 9.17) is 10.2 Å². The highest BCUT2D eigenvalue weighted by molar-refractivity contribution is 7.22. The molecule has 4 rings (SSSR count). The van der Waals surface area contributed by atoms with E-state index in [1.54, 1.807) is 0 Å². The van der Waals surface area contributed by atoms with Crippen LogP contribution in [-0.4, -0.2) is 15.2 Å². The van der Waals surface area contributed by atoms with Crippen LogP contribution in [0.3, 0.4) is 0 Å². The molecule has 0 saturated carbocycles. The van der Waals surface area contributed by atoms with Crippen molar-refractivity contribution in [3.8, 4) is 22.2 Å². The summed E-state index contributed by atoms with van der Waals surface area (Å²) in [6, 6.07) is 11.7. The zero-order valence-corrected chi connectivity index (χ0v) is 13.5. The molecular weight excluding hydrogens is 308 g/mol. The van der Waals surface area contributed by atoms with Gasteiger partial charge < -0.3 is 10.2 Å². The van der Waals surface area contributed by atoms with Gasteiger partial charge in [0.15, 0.2) is 0 Å². The van der Waals surface area contributed by atoms with Gasteiger partial charge in [-0.2, -0.15) is 0 Å². The van der Waals surface area contributed by atoms with Gasteiger partial charge in [0, 0.05) is 16.6 Å². The molecule has 2 N–H and O–H groups in total. The molecule has 4 aromatic rings. The Morgan fingerprint density at radius 2 is 1.78 bits per heavy atom. The number of nitrogens with zero attached hydrogens (tertiary/aromatic N) is 3. The van der Waals surface area contributed by atoms with Crippen LogP contribution in [-0.2, 0) is 0 Å². The molecule has 1 aromatic carbocycles. The highest BCUT2D eigenvalue weighted by atomic mass is 32.1. The third kappa shape index (κ3) is 2.27. The van der Waals surface area contributed by atoms with Crippen molar-refractivity contribution in [2.75, 3.05) is 5.73 Å². The van der Waals surface area contributed by atoms with Crippen molar-refractivity contribution >= 4 is 27.2 Å². The van der Waals surface area contributed by atoms with E-state index in [1.807, 2.05) is 50.2 Å². The van der Waals surface area contributed by atoms with E-state index in [2.05, 4.69) is 15.2 Å². The molecule has 0 aliphatic rings. The number of hydrogen-bond acceptors (Lipinski definition) is 6. The molecule has 0 radical (unpaired) electrons. The Kier molecular flexibility index (Phi) is 3.12. The first-order valence-electron chi connectivity index (χ1n) is 7.19. The maximum Gasteiger partial charge on any atom is 0.260 e. The predicted octanol–water partition coefficient (Wildman–Crippen LogP) is 4.21. The minimum atomic E-state index is 0.432. The van der Waals surface area contributed by atoms with Crippen molar-refractivity contribution in [2.45, 2.75) is 13.8 Å². The minimum absolute atomic E-state index is 0.432. The molecule has 3 heterocycles. The smallest absolute Gasteiger partial charge is 0.260 e. The van der Waals surface area contributed by atoms with Crippen LogP contribution in [0.15, 0.2) is 40.8 Å². The molecule has 3 aromatic heterocycles. The van der Waals surface area contributed by atoms with Crippen molar-refractivity contribution < 1.29 is 4.42 Å². The van der Waals surface area contributed by atoms with Crippen LogP contribution >= 0.6 is 11.3 Å². The second kappa shape index (κ2) is 5.17. The minimum Gasteiger partial charge on any atom is -0.415 e. The topological polar surface area (TPSA) is 77.8 Å². The second-order valence-corrected chi connectivity index (χ2v) is 6.38. The van der Waals surface area contributed by atoms with Crippen molar-refractivity contribution in [3.05, 3.63) is 47.7 Å². The van der Waals surface area contributed by atoms with E-state index < -0.39 is 0 Å². The molecule has 0 aliphatic carbocycles. The average Bonchev–Trinajstić information content (AvgIpc) is 3.13. The largest absolute Gasteiger partial charge is 0.415 e. The van der Waals surface area contributed by atoms with E-state index in [-0.39, 0.29) is 0 Å². The molecule has 0 aliphatic heterocycles. The van der Waals surface area contributed by atoms with Gasteiger partial charge in [0.25, 0.3) is 5.89 Å². The van der Waals surface area contributed by atoms with Gasteiger partial charge in [-0.15, -0.1) is 21.5 Å². The molecular formula is C17H14N4OS. The lowest BCUT2D eigenvalue weighted by molar-refractivity contribution is 0.586. The second-order valence-electron chi connectivity index (χ2n) is 5.38. The molecule has 0 unspecified atom stereocenters. The van der Waals surface area contributed by atoms with Gasteiger partial charge in [-0.3, -0.25) is 0 Å². The Balaban J connectivity index is 1.86. The summed E-state index contributed by atoms with van der Waals surface area (Å²) in [4.78, 5) is 6.23. The Morgan fingerprint density at radius 1 is 1.04 bits per heavy atom. The average molecular weight is 322 g/mol. The van der Waals surface area contributed by atoms with Crippen molar-refractivity contribution in [3.63, 3.8) is 0 Å². The lowest BCUT2D eigenvalue weighted by Gasteiger charge is -1.99. The molecule has 114 valence electrons. The van der Waals surface area contributed by atoms with Crippen molar-refractivity contribution in [1.29, 1.82) is 0 Å². The van der Waals surface area contributed by atoms with Crippen LogP contribution in [0.2, 0.25) is 0 Å². The molecule has 23 heavy (non-hydrogen) atoms. The molecule has 0 atom stereocenters. The number of thiophene rings is 1. The first kappa shape index (κ1) is 13.9. The van der Waals surface area contributed by atoms with Gasteiger partial charge in [0.05, 0.1) is 5.69 Å². The Bertz CT molecular complexity index is 1000. The van der Waals surface area contributed by atoms with Gasteiger partial charge in [0.1, 0.15) is 9.71 Å². The number of nitrogens with two attached hydrogens (primary N) is 1. The molecule has 0 spiro atoms. The number of fused-ring (bicyclic) bond motifs is 1. The number of aryl methyl sites for hydroxylation is 2. The number of hydrogen-bond donors (Lipinski definition) is 1. The maximum absolute atomic E-state index is 6.31. The zero-order valence-electron chi connectivity index (χ0n) is 12.7. The molecule has 0 amide bonds. The van der Waals surface area contributed by atoms with E-state index in [9.17, 15) is 0 Å². The Morgan fingerprint density at radius 3 is 2.57 bits per heavy atom. The van der Waals surface area contributed by atoms with Crippen LogP contribution in [0, 0.1) is 13.8 Å². The number of pyridine rings is 1. The number of anilines is 1. The van der Waals surface area contributed by atoms with Gasteiger partial charge in [0.2, 0.25) is 5.89 Å². The van der Waals surface area contributed by atoms with Gasteiger partial charge >= 0.3 is 0 Å². The molecule has 0 saturated heterocycles. The van der Waals surface area contributed by atoms with Gasteiger partial charge in [-0.25, -0.2) is 4.98 Å². The summed E-state index contributed by atoms with van der Waals surface area (Å²) in [5.74, 6) is 0.916. The van der Waals surface area contributed by atoms with Gasteiger partial charge in [-0.1, -0.05) is 18.2 Å². The normalized spacial score (nSPS) is 11.2. The van der Waals surface area contributed by atoms with Gasteiger partial charge in [-0.05, 0) is 37.6 Å². The van der Waals surface area contributed by atoms with Crippen LogP contribution < -0.4 is 5.73 Å². The number of nitrogen functional groups attached to an aromatic ring is 1. The van der Waals surface area contributed by atoms with Crippen molar-refractivity contribution in [1.82, 2.24) is 15.2 Å². The van der Waals surface area contributed by atoms with Crippen LogP contribution in [0.4, 0.5) is 5.69 Å². The number of benzene rings is 1. The number of rotatable bonds is 2. The fraction of sp³-hybridized carbons (Fsp3) is 0.118. The summed E-state index contributed by atoms with van der Waals surface area (Å²) in [5, 5.41) is 9.25. The Hall–Kier alpha value is -2.73. The van der Waals surface area contributed by atoms with E-state index in [0.717, 1.165) is 31.9 Å². The van der Waals surface area contributed by atoms with Crippen LogP contribution in [0.25, 0.3) is 32.4 Å². The molecule has 0 fully saturated rings. The van der Waals surface area contributed by atoms with Crippen molar-refractivity contribution in [2.24, 2.45) is 0 Å². The summed E-state index contributed by atoms with van der Waals surface area (Å²) in [6.07, 6.45) is 0. The third-order valence-corrected chi connectivity index (χ3v) is 4.75. The first-order chi connectivity index (χ1) is 11.1. The highest BCUT2D eigenvalue weighted by Gasteiger charge is 2.19. The SMILES string of the molecule is Cc1cc(C)c2c(N)c(-c3nnc(-c4ccccc4)o3)sc2n1. The summed E-state index contributed by atoms with van der Waals surface area (Å²) >= 11 is 1.48. The van der Waals surface area contributed by atoms with Crippen LogP contribution in [0.5, 0.6) is 0 Å². The molecule has 5 nitrogen and oxygen atoms in total.